The summed E-state index contributed by atoms with van der Waals surface area (Å²) in [6, 6.07) is 21.6. The molecule has 0 fully saturated rings. The third-order valence-electron chi connectivity index (χ3n) is 7.62. The summed E-state index contributed by atoms with van der Waals surface area (Å²) in [5, 5.41) is 11.8. The van der Waals surface area contributed by atoms with E-state index >= 15 is 0 Å². The maximum Gasteiger partial charge on any atom is 0.257 e. The van der Waals surface area contributed by atoms with Crippen LogP contribution in [-0.4, -0.2) is 35.1 Å². The van der Waals surface area contributed by atoms with Crippen LogP contribution in [0, 0.1) is 19.7 Å². The van der Waals surface area contributed by atoms with Gasteiger partial charge in [-0.2, -0.15) is 0 Å². The molecule has 0 aliphatic heterocycles. The van der Waals surface area contributed by atoms with Crippen molar-refractivity contribution in [3.8, 4) is 11.5 Å². The van der Waals surface area contributed by atoms with E-state index in [1.807, 2.05) is 62.4 Å². The molecule has 2 heterocycles. The van der Waals surface area contributed by atoms with Gasteiger partial charge < -0.3 is 25.4 Å². The van der Waals surface area contributed by atoms with Crippen molar-refractivity contribution < 1.29 is 18.7 Å². The molecule has 3 N–H and O–H groups in total. The minimum Gasteiger partial charge on any atom is -0.497 e. The lowest BCUT2D eigenvalue weighted by Gasteiger charge is -2.16. The maximum absolute atomic E-state index is 14.6. The number of halogens is 1. The van der Waals surface area contributed by atoms with Crippen molar-refractivity contribution in [2.45, 2.75) is 20.4 Å². The number of aryl methyl sites for hydroxylation is 2. The lowest BCUT2D eigenvalue weighted by Crippen LogP contribution is -2.14. The first kappa shape index (κ1) is 29.3. The van der Waals surface area contributed by atoms with Gasteiger partial charge in [0.1, 0.15) is 35.3 Å². The molecule has 0 aliphatic rings. The molecule has 4 aromatic carbocycles. The van der Waals surface area contributed by atoms with Crippen LogP contribution in [0.15, 0.2) is 85.3 Å². The normalized spacial score (nSPS) is 11.0. The van der Waals surface area contributed by atoms with Crippen LogP contribution in [-0.2, 0) is 6.54 Å². The van der Waals surface area contributed by atoms with Gasteiger partial charge in [-0.25, -0.2) is 19.3 Å². The number of nitrogens with one attached hydrogen (secondary N) is 3. The second kappa shape index (κ2) is 12.5. The van der Waals surface area contributed by atoms with Crippen LogP contribution in [0.3, 0.4) is 0 Å². The summed E-state index contributed by atoms with van der Waals surface area (Å²) in [6.07, 6.45) is 3.07. The number of hydrogen-bond donors (Lipinski definition) is 3. The van der Waals surface area contributed by atoms with Crippen molar-refractivity contribution in [2.24, 2.45) is 0 Å². The average Bonchev–Trinajstić information content (AvgIpc) is 3.05. The van der Waals surface area contributed by atoms with Gasteiger partial charge in [-0.05, 0) is 67.4 Å². The number of carbonyl (C=O) groups is 1. The smallest absolute Gasteiger partial charge is 0.257 e. The van der Waals surface area contributed by atoms with E-state index in [0.717, 1.165) is 27.5 Å². The van der Waals surface area contributed by atoms with Crippen molar-refractivity contribution in [3.05, 3.63) is 113 Å². The van der Waals surface area contributed by atoms with Gasteiger partial charge in [0.25, 0.3) is 5.91 Å². The number of anilines is 4. The van der Waals surface area contributed by atoms with E-state index < -0.39 is 0 Å². The number of nitrogens with zero attached hydrogens (tertiary/aromatic N) is 3. The Balaban J connectivity index is 1.30. The summed E-state index contributed by atoms with van der Waals surface area (Å²) < 4.78 is 25.4. The third kappa shape index (κ3) is 5.90. The molecule has 0 saturated heterocycles. The number of aromatic nitrogens is 3. The van der Waals surface area contributed by atoms with Crippen molar-refractivity contribution in [2.75, 3.05) is 30.2 Å². The molecule has 45 heavy (non-hydrogen) atoms. The number of rotatable bonds is 9. The van der Waals surface area contributed by atoms with Crippen molar-refractivity contribution in [1.29, 1.82) is 0 Å². The molecule has 10 heteroatoms. The largest absolute Gasteiger partial charge is 0.497 e. The minimum absolute atomic E-state index is 0.317. The second-order valence-corrected chi connectivity index (χ2v) is 10.5. The fourth-order valence-electron chi connectivity index (χ4n) is 5.25. The van der Waals surface area contributed by atoms with Crippen molar-refractivity contribution in [3.63, 3.8) is 0 Å². The highest BCUT2D eigenvalue weighted by Gasteiger charge is 2.18. The number of methoxy groups -OCH3 is 2. The van der Waals surface area contributed by atoms with E-state index in [4.69, 9.17) is 9.47 Å². The predicted octanol–water partition coefficient (Wildman–Crippen LogP) is 7.56. The second-order valence-electron chi connectivity index (χ2n) is 10.5. The number of amides is 1. The van der Waals surface area contributed by atoms with Gasteiger partial charge >= 0.3 is 0 Å². The highest BCUT2D eigenvalue weighted by atomic mass is 19.1. The number of hydrogen-bond acceptors (Lipinski definition) is 8. The Hall–Kier alpha value is -5.77. The molecule has 0 radical (unpaired) electrons. The molecule has 0 aliphatic carbocycles. The van der Waals surface area contributed by atoms with Crippen LogP contribution in [0.4, 0.5) is 27.4 Å². The van der Waals surface area contributed by atoms with Crippen LogP contribution in [0.2, 0.25) is 0 Å². The monoisotopic (exact) mass is 602 g/mol. The average molecular weight is 603 g/mol. The molecule has 2 aromatic heterocycles. The Bertz CT molecular complexity index is 2070. The van der Waals surface area contributed by atoms with Gasteiger partial charge in [0, 0.05) is 40.5 Å². The standard InChI is InChI=1S/C35H31FN6O3/c1-20-8-13-29(28(36)16-20)41-34-25-12-9-21(2)31(24(25)14-15-37-34)42-35(43)27-7-5-6-26-32(27)39-19-40-33(26)38-18-22-10-11-23(44-3)17-30(22)45-4/h5-17,19H,18H2,1-4H3,(H,37,41)(H,42,43)(H,38,39,40). The van der Waals surface area contributed by atoms with Gasteiger partial charge in [0.2, 0.25) is 0 Å². The van der Waals surface area contributed by atoms with Crippen LogP contribution in [0.1, 0.15) is 27.0 Å². The van der Waals surface area contributed by atoms with Gasteiger partial charge in [-0.15, -0.1) is 0 Å². The number of carbonyl (C=O) groups excluding carboxylic acids is 1. The molecule has 0 spiro atoms. The van der Waals surface area contributed by atoms with E-state index in [1.165, 1.54) is 12.4 Å². The van der Waals surface area contributed by atoms with E-state index in [-0.39, 0.29) is 11.7 Å². The molecule has 0 atom stereocenters. The van der Waals surface area contributed by atoms with Crippen LogP contribution < -0.4 is 25.4 Å². The quantitative estimate of drug-likeness (QED) is 0.156. The summed E-state index contributed by atoms with van der Waals surface area (Å²) in [7, 11) is 3.22. The summed E-state index contributed by atoms with van der Waals surface area (Å²) in [5.41, 5.74) is 4.44. The third-order valence-corrected chi connectivity index (χ3v) is 7.62. The first-order valence-electron chi connectivity index (χ1n) is 14.3. The van der Waals surface area contributed by atoms with Gasteiger partial charge in [-0.3, -0.25) is 4.79 Å². The van der Waals surface area contributed by atoms with Crippen molar-refractivity contribution >= 4 is 50.6 Å². The van der Waals surface area contributed by atoms with Gasteiger partial charge in [0.05, 0.1) is 36.7 Å². The summed E-state index contributed by atoms with van der Waals surface area (Å²) in [4.78, 5) is 27.2. The first-order chi connectivity index (χ1) is 21.9. The van der Waals surface area contributed by atoms with Crippen LogP contribution in [0.5, 0.6) is 11.5 Å². The number of para-hydroxylation sites is 1. The van der Waals surface area contributed by atoms with Gasteiger partial charge in [0.15, 0.2) is 0 Å². The van der Waals surface area contributed by atoms with E-state index in [1.54, 1.807) is 38.6 Å². The molecule has 226 valence electrons. The molecule has 1 amide bonds. The van der Waals surface area contributed by atoms with E-state index in [0.29, 0.717) is 57.5 Å². The number of fused-ring (bicyclic) bond motifs is 2. The fraction of sp³-hybridized carbons (Fsp3) is 0.143. The van der Waals surface area contributed by atoms with Gasteiger partial charge in [-0.1, -0.05) is 24.3 Å². The Morgan fingerprint density at radius 2 is 1.71 bits per heavy atom. The molecule has 0 saturated carbocycles. The molecule has 0 unspecified atom stereocenters. The Morgan fingerprint density at radius 3 is 2.51 bits per heavy atom. The van der Waals surface area contributed by atoms with Crippen LogP contribution in [0.25, 0.3) is 21.7 Å². The zero-order chi connectivity index (χ0) is 31.5. The highest BCUT2D eigenvalue weighted by Crippen LogP contribution is 2.34. The van der Waals surface area contributed by atoms with E-state index in [2.05, 4.69) is 30.9 Å². The van der Waals surface area contributed by atoms with E-state index in [9.17, 15) is 9.18 Å². The number of pyridine rings is 1. The number of ether oxygens (including phenoxy) is 2. The summed E-state index contributed by atoms with van der Waals surface area (Å²) in [6.45, 7) is 4.19. The molecule has 0 bridgehead atoms. The van der Waals surface area contributed by atoms with Crippen molar-refractivity contribution in [1.82, 2.24) is 15.0 Å². The molecular weight excluding hydrogens is 571 g/mol. The predicted molar refractivity (Wildman–Crippen MR) is 175 cm³/mol. The fourth-order valence-corrected chi connectivity index (χ4v) is 5.25. The molecule has 9 nitrogen and oxygen atoms in total. The lowest BCUT2D eigenvalue weighted by molar-refractivity contribution is 0.102. The summed E-state index contributed by atoms with van der Waals surface area (Å²) in [5.74, 6) is 1.75. The summed E-state index contributed by atoms with van der Waals surface area (Å²) >= 11 is 0. The number of benzene rings is 4. The zero-order valence-corrected chi connectivity index (χ0v) is 25.2. The topological polar surface area (TPSA) is 110 Å². The molecule has 6 rings (SSSR count). The Labute approximate surface area is 259 Å². The maximum atomic E-state index is 14.6. The first-order valence-corrected chi connectivity index (χ1v) is 14.3. The zero-order valence-electron chi connectivity index (χ0n) is 25.2. The molecule has 6 aromatic rings. The highest BCUT2D eigenvalue weighted by molar-refractivity contribution is 6.16. The molecular formula is C35H31FN6O3. The Kier molecular flexibility index (Phi) is 8.11. The lowest BCUT2D eigenvalue weighted by atomic mass is 10.0. The Morgan fingerprint density at radius 1 is 0.844 bits per heavy atom. The minimum atomic E-state index is -0.371. The SMILES string of the molecule is COc1ccc(CNc2ncnc3c(C(=O)Nc4c(C)ccc5c(Nc6ccc(C)cc6F)nccc45)cccc23)c(OC)c1. The van der Waals surface area contributed by atoms with Crippen LogP contribution >= 0.6 is 0 Å².